The van der Waals surface area contributed by atoms with E-state index in [1.165, 1.54) is 0 Å². The lowest BCUT2D eigenvalue weighted by molar-refractivity contribution is -0.132. The Labute approximate surface area is 83.9 Å². The Morgan fingerprint density at radius 1 is 1.36 bits per heavy atom. The smallest absolute Gasteiger partial charge is 0.331 e. The van der Waals surface area contributed by atoms with Crippen molar-refractivity contribution in [2.75, 3.05) is 0 Å². The first-order valence-electron chi connectivity index (χ1n) is 4.49. The summed E-state index contributed by atoms with van der Waals surface area (Å²) in [7, 11) is 0. The van der Waals surface area contributed by atoms with Crippen LogP contribution < -0.4 is 0 Å². The lowest BCUT2D eigenvalue weighted by atomic mass is 10.0. The van der Waals surface area contributed by atoms with Crippen LogP contribution in [0.1, 0.15) is 23.6 Å². The molecule has 0 spiro atoms. The van der Waals surface area contributed by atoms with Crippen LogP contribution in [0.15, 0.2) is 23.8 Å². The van der Waals surface area contributed by atoms with E-state index in [1.807, 2.05) is 32.0 Å². The molecule has 0 aromatic heterocycles. The highest BCUT2D eigenvalue weighted by Gasteiger charge is 2.01. The van der Waals surface area contributed by atoms with Crippen LogP contribution in [-0.2, 0) is 4.79 Å². The fourth-order valence-corrected chi connectivity index (χ4v) is 1.21. The second-order valence-electron chi connectivity index (χ2n) is 3.49. The van der Waals surface area contributed by atoms with E-state index in [0.29, 0.717) is 5.57 Å². The predicted octanol–water partition coefficient (Wildman–Crippen LogP) is 2.79. The van der Waals surface area contributed by atoms with Gasteiger partial charge in [-0.25, -0.2) is 4.79 Å². The zero-order valence-corrected chi connectivity index (χ0v) is 8.66. The third-order valence-electron chi connectivity index (χ3n) is 2.14. The molecule has 2 nitrogen and oxygen atoms in total. The lowest BCUT2D eigenvalue weighted by Gasteiger charge is -2.02. The highest BCUT2D eigenvalue weighted by atomic mass is 16.4. The van der Waals surface area contributed by atoms with E-state index in [2.05, 4.69) is 0 Å². The van der Waals surface area contributed by atoms with Gasteiger partial charge in [-0.3, -0.25) is 0 Å². The molecule has 0 aliphatic carbocycles. The van der Waals surface area contributed by atoms with E-state index in [0.717, 1.165) is 16.7 Å². The molecule has 0 atom stereocenters. The number of rotatable bonds is 2. The molecular formula is C12H14O2. The molecule has 1 N–H and O–H groups in total. The van der Waals surface area contributed by atoms with Gasteiger partial charge in [0, 0.05) is 5.57 Å². The molecule has 0 aliphatic heterocycles. The number of carbonyl (C=O) groups is 1. The summed E-state index contributed by atoms with van der Waals surface area (Å²) in [6.07, 6.45) is 1.70. The first-order valence-corrected chi connectivity index (χ1v) is 4.49. The second-order valence-corrected chi connectivity index (χ2v) is 3.49. The maximum Gasteiger partial charge on any atom is 0.331 e. The largest absolute Gasteiger partial charge is 0.478 e. The quantitative estimate of drug-likeness (QED) is 0.728. The van der Waals surface area contributed by atoms with Crippen molar-refractivity contribution >= 4 is 12.0 Å². The van der Waals surface area contributed by atoms with Gasteiger partial charge in [-0.1, -0.05) is 23.8 Å². The van der Waals surface area contributed by atoms with Crippen LogP contribution in [0.25, 0.3) is 6.08 Å². The molecule has 0 radical (unpaired) electrons. The maximum absolute atomic E-state index is 10.6. The van der Waals surface area contributed by atoms with Gasteiger partial charge in [0.1, 0.15) is 0 Å². The Bertz CT molecular complexity index is 389. The summed E-state index contributed by atoms with van der Waals surface area (Å²) in [6.45, 7) is 5.57. The number of carboxylic acid groups (broad SMARTS) is 1. The van der Waals surface area contributed by atoms with E-state index in [1.54, 1.807) is 13.0 Å². The molecule has 1 aromatic carbocycles. The molecule has 14 heavy (non-hydrogen) atoms. The Balaban J connectivity index is 3.13. The highest BCUT2D eigenvalue weighted by Crippen LogP contribution is 2.14. The molecular weight excluding hydrogens is 176 g/mol. The molecule has 0 saturated heterocycles. The average molecular weight is 190 g/mol. The Morgan fingerprint density at radius 3 is 2.57 bits per heavy atom. The molecule has 0 fully saturated rings. The molecule has 2 heteroatoms. The number of carboxylic acids is 1. The van der Waals surface area contributed by atoms with Gasteiger partial charge in [0.25, 0.3) is 0 Å². The fourth-order valence-electron chi connectivity index (χ4n) is 1.21. The summed E-state index contributed by atoms with van der Waals surface area (Å²) in [5, 5.41) is 8.74. The number of aryl methyl sites for hydroxylation is 2. The second kappa shape index (κ2) is 4.09. The van der Waals surface area contributed by atoms with Crippen molar-refractivity contribution in [1.29, 1.82) is 0 Å². The van der Waals surface area contributed by atoms with Gasteiger partial charge < -0.3 is 5.11 Å². The molecule has 0 aliphatic rings. The van der Waals surface area contributed by atoms with Crippen molar-refractivity contribution in [2.24, 2.45) is 0 Å². The van der Waals surface area contributed by atoms with Gasteiger partial charge in [0.2, 0.25) is 0 Å². The van der Waals surface area contributed by atoms with E-state index in [-0.39, 0.29) is 0 Å². The van der Waals surface area contributed by atoms with Crippen LogP contribution in [0.2, 0.25) is 0 Å². The lowest BCUT2D eigenvalue weighted by Crippen LogP contribution is -1.96. The normalized spacial score (nSPS) is 11.5. The highest BCUT2D eigenvalue weighted by molar-refractivity contribution is 5.91. The van der Waals surface area contributed by atoms with E-state index >= 15 is 0 Å². The Kier molecular flexibility index (Phi) is 3.07. The molecule has 1 rings (SSSR count). The third-order valence-corrected chi connectivity index (χ3v) is 2.14. The summed E-state index contributed by atoms with van der Waals surface area (Å²) < 4.78 is 0. The number of hydrogen-bond donors (Lipinski definition) is 1. The van der Waals surface area contributed by atoms with Crippen molar-refractivity contribution in [2.45, 2.75) is 20.8 Å². The van der Waals surface area contributed by atoms with Crippen LogP contribution >= 0.6 is 0 Å². The zero-order valence-electron chi connectivity index (χ0n) is 8.66. The summed E-state index contributed by atoms with van der Waals surface area (Å²) in [4.78, 5) is 10.6. The van der Waals surface area contributed by atoms with E-state index in [4.69, 9.17) is 5.11 Å². The van der Waals surface area contributed by atoms with Gasteiger partial charge >= 0.3 is 5.97 Å². The first kappa shape index (κ1) is 10.5. The van der Waals surface area contributed by atoms with Crippen molar-refractivity contribution in [3.63, 3.8) is 0 Å². The van der Waals surface area contributed by atoms with Crippen molar-refractivity contribution < 1.29 is 9.90 Å². The van der Waals surface area contributed by atoms with Gasteiger partial charge in [0.15, 0.2) is 0 Å². The monoisotopic (exact) mass is 190 g/mol. The molecule has 74 valence electrons. The van der Waals surface area contributed by atoms with E-state index < -0.39 is 5.97 Å². The first-order chi connectivity index (χ1) is 6.50. The van der Waals surface area contributed by atoms with Crippen LogP contribution in [0.5, 0.6) is 0 Å². The maximum atomic E-state index is 10.6. The molecule has 0 heterocycles. The van der Waals surface area contributed by atoms with Gasteiger partial charge in [-0.2, -0.15) is 0 Å². The topological polar surface area (TPSA) is 37.3 Å². The minimum absolute atomic E-state index is 0.360. The Morgan fingerprint density at radius 2 is 2.00 bits per heavy atom. The van der Waals surface area contributed by atoms with Crippen LogP contribution in [-0.4, -0.2) is 11.1 Å². The van der Waals surface area contributed by atoms with Gasteiger partial charge in [-0.05, 0) is 38.0 Å². The number of aliphatic carboxylic acids is 1. The van der Waals surface area contributed by atoms with Crippen molar-refractivity contribution in [1.82, 2.24) is 0 Å². The summed E-state index contributed by atoms with van der Waals surface area (Å²) in [5.74, 6) is -0.870. The number of hydrogen-bond acceptors (Lipinski definition) is 1. The minimum Gasteiger partial charge on any atom is -0.478 e. The average Bonchev–Trinajstić information content (AvgIpc) is 2.11. The van der Waals surface area contributed by atoms with Crippen molar-refractivity contribution in [3.05, 3.63) is 40.5 Å². The Hall–Kier alpha value is -1.57. The minimum atomic E-state index is -0.870. The standard InChI is InChI=1S/C12H14O2/c1-8-4-5-9(2)11(6-8)7-10(3)12(13)14/h4-7H,1-3H3,(H,13,14). The zero-order chi connectivity index (χ0) is 10.7. The van der Waals surface area contributed by atoms with Gasteiger partial charge in [-0.15, -0.1) is 0 Å². The molecule has 0 amide bonds. The van der Waals surface area contributed by atoms with Crippen molar-refractivity contribution in [3.8, 4) is 0 Å². The predicted molar refractivity (Wildman–Crippen MR) is 57.2 cm³/mol. The summed E-state index contributed by atoms with van der Waals surface area (Å²) >= 11 is 0. The molecule has 0 saturated carbocycles. The van der Waals surface area contributed by atoms with Gasteiger partial charge in [0.05, 0.1) is 0 Å². The fraction of sp³-hybridized carbons (Fsp3) is 0.250. The SMILES string of the molecule is CC(=Cc1cc(C)ccc1C)C(=O)O. The third kappa shape index (κ3) is 2.46. The summed E-state index contributed by atoms with van der Waals surface area (Å²) in [5.41, 5.74) is 3.57. The molecule has 0 unspecified atom stereocenters. The number of benzene rings is 1. The summed E-state index contributed by atoms with van der Waals surface area (Å²) in [6, 6.07) is 6.00. The molecule has 0 bridgehead atoms. The van der Waals surface area contributed by atoms with Crippen LogP contribution in [0, 0.1) is 13.8 Å². The van der Waals surface area contributed by atoms with Crippen LogP contribution in [0.4, 0.5) is 0 Å². The molecule has 1 aromatic rings. The van der Waals surface area contributed by atoms with E-state index in [9.17, 15) is 4.79 Å². The van der Waals surface area contributed by atoms with Crippen LogP contribution in [0.3, 0.4) is 0 Å².